The number of aliphatic hydroxyl groups is 3. The highest BCUT2D eigenvalue weighted by molar-refractivity contribution is 5.92. The van der Waals surface area contributed by atoms with E-state index < -0.39 is 119 Å². The third-order valence-corrected chi connectivity index (χ3v) is 15.7. The fraction of sp³-hybridized carbons (Fsp3) is 0.679. The van der Waals surface area contributed by atoms with Crippen LogP contribution in [0.1, 0.15) is 106 Å². The van der Waals surface area contributed by atoms with Crippen LogP contribution < -0.4 is 16.2 Å². The van der Waals surface area contributed by atoms with Gasteiger partial charge in [-0.25, -0.2) is 15.0 Å². The van der Waals surface area contributed by atoms with Gasteiger partial charge in [-0.3, -0.25) is 30.0 Å². The number of alkyl carbamates (subject to hydrolysis) is 1. The number of nitrogens with zero attached hydrogens (tertiary/aromatic N) is 3. The molecule has 2 aromatic carbocycles. The van der Waals surface area contributed by atoms with Gasteiger partial charge in [0.2, 0.25) is 0 Å². The lowest BCUT2D eigenvalue weighted by atomic mass is 9.77. The summed E-state index contributed by atoms with van der Waals surface area (Å²) < 4.78 is 50.7. The number of nitro groups is 1. The average Bonchev–Trinajstić information content (AvgIpc) is 3.44. The topological polar surface area (TPSA) is 289 Å². The van der Waals surface area contributed by atoms with Gasteiger partial charge < -0.3 is 63.4 Å². The number of hydrazine groups is 1. The lowest BCUT2D eigenvalue weighted by Gasteiger charge is -2.49. The molecule has 0 aliphatic carbocycles. The standard InChI is InChI=1S/C56H86N6O17/c1-15-42-56(10,69)48(78-52(66)57-30-39-19-17-16-18-20-39)36(6)61(13)31-32(2)28-54(8,68)47(77-51-45(64)41(60(11)12)27-33(3)73-51)34(4)46(35(5)50(65)75-42)76-44-29-55(9,72-14)49(37(7)74-44)79-53(67)59-58-43(63)26-23-38-21-24-40(25-22-38)62(70)71/h16-26,32-37,41-42,44-49,51,64,68-69H,15,27-31H2,1-14H3,(H,57,66)(H,58,63)(H,59,67)/b26-23+/t32-,33-,34-,35-,36-,37+,41+,42+,44+,45-,46+,47-,48-,49+,51+,54-,55-,56-/m0/s1. The van der Waals surface area contributed by atoms with Gasteiger partial charge in [0, 0.05) is 62.8 Å². The molecule has 0 spiro atoms. The molecule has 3 heterocycles. The summed E-state index contributed by atoms with van der Waals surface area (Å²) in [6, 6.07) is 13.7. The molecule has 0 aromatic heterocycles. The zero-order valence-corrected chi connectivity index (χ0v) is 48.2. The number of cyclic esters (lactones) is 1. The van der Waals surface area contributed by atoms with Crippen LogP contribution in [-0.2, 0) is 54.0 Å². The van der Waals surface area contributed by atoms with E-state index in [4.69, 9.17) is 37.9 Å². The van der Waals surface area contributed by atoms with Crippen molar-refractivity contribution in [2.45, 2.75) is 192 Å². The lowest BCUT2D eigenvalue weighted by molar-refractivity contribution is -0.384. The normalized spacial score (nSPS) is 36.3. The van der Waals surface area contributed by atoms with Crippen molar-refractivity contribution < 1.29 is 77.3 Å². The van der Waals surface area contributed by atoms with Crippen LogP contribution in [-0.4, -0.2) is 179 Å². The van der Waals surface area contributed by atoms with Crippen molar-refractivity contribution >= 4 is 35.8 Å². The number of benzene rings is 2. The molecule has 5 rings (SSSR count). The molecule has 0 unspecified atom stereocenters. The molecule has 23 nitrogen and oxygen atoms in total. The fourth-order valence-corrected chi connectivity index (χ4v) is 11.3. The van der Waals surface area contributed by atoms with Gasteiger partial charge in [0.05, 0.1) is 40.9 Å². The minimum Gasteiger partial charge on any atom is -0.459 e. The first kappa shape index (κ1) is 64.5. The lowest BCUT2D eigenvalue weighted by Crippen LogP contribution is -2.61. The summed E-state index contributed by atoms with van der Waals surface area (Å²) >= 11 is 0. The third-order valence-electron chi connectivity index (χ3n) is 15.7. The minimum absolute atomic E-state index is 0.0889. The van der Waals surface area contributed by atoms with Crippen LogP contribution >= 0.6 is 0 Å². The van der Waals surface area contributed by atoms with Gasteiger partial charge in [0.25, 0.3) is 11.6 Å². The van der Waals surface area contributed by atoms with Crippen molar-refractivity contribution in [1.82, 2.24) is 26.0 Å². The number of hydrogen-bond acceptors (Lipinski definition) is 19. The zero-order chi connectivity index (χ0) is 58.7. The largest absolute Gasteiger partial charge is 0.459 e. The summed E-state index contributed by atoms with van der Waals surface area (Å²) in [5.41, 5.74) is 0.627. The molecular formula is C56H86N6O17. The van der Waals surface area contributed by atoms with Gasteiger partial charge in [-0.05, 0) is 124 Å². The van der Waals surface area contributed by atoms with Crippen LogP contribution in [0.2, 0.25) is 0 Å². The van der Waals surface area contributed by atoms with E-state index in [9.17, 15) is 44.6 Å². The highest BCUT2D eigenvalue weighted by Gasteiger charge is 2.54. The van der Waals surface area contributed by atoms with Crippen LogP contribution in [0.15, 0.2) is 60.7 Å². The molecule has 0 radical (unpaired) electrons. The number of carbonyl (C=O) groups is 4. The van der Waals surface area contributed by atoms with Crippen LogP contribution in [0.3, 0.4) is 0 Å². The minimum atomic E-state index is -1.98. The molecular weight excluding hydrogens is 1030 g/mol. The summed E-state index contributed by atoms with van der Waals surface area (Å²) in [7, 11) is 6.93. The van der Waals surface area contributed by atoms with Gasteiger partial charge >= 0.3 is 18.2 Å². The number of nitro benzene ring substituents is 1. The maximum absolute atomic E-state index is 14.9. The van der Waals surface area contributed by atoms with Gasteiger partial charge in [-0.15, -0.1) is 0 Å². The Kier molecular flexibility index (Phi) is 22.8. The Labute approximate surface area is 464 Å². The van der Waals surface area contributed by atoms with Gasteiger partial charge in [0.15, 0.2) is 24.8 Å². The van der Waals surface area contributed by atoms with E-state index in [2.05, 4.69) is 16.2 Å². The van der Waals surface area contributed by atoms with E-state index in [1.54, 1.807) is 48.5 Å². The third kappa shape index (κ3) is 16.9. The van der Waals surface area contributed by atoms with Crippen molar-refractivity contribution in [3.05, 3.63) is 81.9 Å². The summed E-state index contributed by atoms with van der Waals surface area (Å²) in [5.74, 6) is -3.96. The van der Waals surface area contributed by atoms with Crippen molar-refractivity contribution in [2.75, 3.05) is 34.8 Å². The number of rotatable bonds is 14. The second-order valence-corrected chi connectivity index (χ2v) is 22.6. The molecule has 3 aliphatic rings. The number of nitrogens with one attached hydrogen (secondary N) is 3. The van der Waals surface area contributed by atoms with Crippen LogP contribution in [0.4, 0.5) is 15.3 Å². The van der Waals surface area contributed by atoms with Crippen molar-refractivity contribution in [2.24, 2.45) is 17.8 Å². The number of hydrogen-bond donors (Lipinski definition) is 6. The van der Waals surface area contributed by atoms with Gasteiger partial charge in [-0.1, -0.05) is 51.1 Å². The molecule has 3 aliphatic heterocycles. The Balaban J connectivity index is 1.47. The summed E-state index contributed by atoms with van der Waals surface area (Å²) in [6.07, 6.45) is -9.61. The van der Waals surface area contributed by atoms with Crippen LogP contribution in [0.25, 0.3) is 6.08 Å². The quantitative estimate of drug-likeness (QED) is 0.0465. The molecule has 6 N–H and O–H groups in total. The number of carbonyl (C=O) groups excluding carboxylic acids is 4. The van der Waals surface area contributed by atoms with Crippen molar-refractivity contribution in [3.8, 4) is 0 Å². The van der Waals surface area contributed by atoms with E-state index in [0.717, 1.165) is 11.6 Å². The average molecular weight is 1120 g/mol. The number of ether oxygens (including phenoxy) is 8. The van der Waals surface area contributed by atoms with Crippen molar-refractivity contribution in [1.29, 1.82) is 0 Å². The molecule has 3 amide bonds. The summed E-state index contributed by atoms with van der Waals surface area (Å²) in [6.45, 7) is 17.6. The number of methoxy groups -OCH3 is 1. The van der Waals surface area contributed by atoms with E-state index in [1.807, 2.05) is 75.1 Å². The second-order valence-electron chi connectivity index (χ2n) is 22.6. The zero-order valence-electron chi connectivity index (χ0n) is 48.2. The number of esters is 1. The molecule has 0 saturated carbocycles. The maximum Gasteiger partial charge on any atom is 0.426 e. The van der Waals surface area contributed by atoms with Crippen molar-refractivity contribution in [3.63, 3.8) is 0 Å². The smallest absolute Gasteiger partial charge is 0.426 e. The monoisotopic (exact) mass is 1110 g/mol. The Bertz CT molecular complexity index is 2360. The van der Waals surface area contributed by atoms with E-state index in [-0.39, 0.29) is 49.6 Å². The highest BCUT2D eigenvalue weighted by Crippen LogP contribution is 2.41. The van der Waals surface area contributed by atoms with Crippen LogP contribution in [0.5, 0.6) is 0 Å². The molecule has 3 fully saturated rings. The highest BCUT2D eigenvalue weighted by atomic mass is 16.7. The SMILES string of the molecule is CC[C@H]1OC(=O)[C@@H](C)[C@H](O[C@@H]2C[C@](C)(OC)[C@H](OC(=O)NNC(=O)/C=C/c3ccc([N+](=O)[O-])cc3)[C@@H](C)O2)[C@H](C)[C@H](O[C@H]2O[C@@H](C)C[C@@H](N(C)C)[C@@H]2O)[C@@](C)(O)C[C@H](C)CN(C)[C@@H](C)[C@H](OC(=O)NCc2ccccc2)[C@@]1(C)O. The predicted molar refractivity (Wildman–Crippen MR) is 289 cm³/mol. The van der Waals surface area contributed by atoms with Gasteiger partial charge in [0.1, 0.15) is 23.4 Å². The molecule has 0 bridgehead atoms. The summed E-state index contributed by atoms with van der Waals surface area (Å²) in [4.78, 5) is 68.7. The number of non-ortho nitro benzene ring substituents is 1. The Hall–Kier alpha value is -5.34. The summed E-state index contributed by atoms with van der Waals surface area (Å²) in [5, 5.41) is 51.2. The Morgan fingerprint density at radius 2 is 1.54 bits per heavy atom. The van der Waals surface area contributed by atoms with E-state index in [1.165, 1.54) is 44.4 Å². The first-order valence-corrected chi connectivity index (χ1v) is 27.1. The molecule has 3 saturated heterocycles. The maximum atomic E-state index is 14.9. The molecule has 79 heavy (non-hydrogen) atoms. The predicted octanol–water partition coefficient (Wildman–Crippen LogP) is 5.22. The molecule has 23 heteroatoms. The number of aliphatic hydroxyl groups excluding tert-OH is 1. The number of likely N-dealkylation sites (N-methyl/N-ethyl adjacent to an activating group) is 2. The first-order chi connectivity index (χ1) is 37.0. The van der Waals surface area contributed by atoms with Gasteiger partial charge in [-0.2, -0.15) is 0 Å². The van der Waals surface area contributed by atoms with E-state index >= 15 is 0 Å². The van der Waals surface area contributed by atoms with E-state index in [0.29, 0.717) is 18.5 Å². The molecule has 2 aromatic rings. The molecule has 442 valence electrons. The first-order valence-electron chi connectivity index (χ1n) is 27.1. The number of amides is 3. The second kappa shape index (κ2) is 27.9. The van der Waals surface area contributed by atoms with Crippen LogP contribution in [0, 0.1) is 27.9 Å². The Morgan fingerprint density at radius 3 is 2.15 bits per heavy atom. The fourth-order valence-electron chi connectivity index (χ4n) is 11.3. The Morgan fingerprint density at radius 1 is 0.899 bits per heavy atom. The molecule has 18 atom stereocenters.